The van der Waals surface area contributed by atoms with E-state index in [0.29, 0.717) is 10.6 Å². The Balaban J connectivity index is 1.71. The lowest BCUT2D eigenvalue weighted by Gasteiger charge is -2.21. The summed E-state index contributed by atoms with van der Waals surface area (Å²) in [6.07, 6.45) is 1.52. The van der Waals surface area contributed by atoms with Gasteiger partial charge in [0.2, 0.25) is 5.78 Å². The van der Waals surface area contributed by atoms with Crippen molar-refractivity contribution in [2.24, 2.45) is 5.92 Å². The Labute approximate surface area is 192 Å². The highest BCUT2D eigenvalue weighted by molar-refractivity contribution is 6.46. The standard InChI is InChI=1S/C23H14Cl2N2O5/c24-13-5-6-17(16(25)11-13)27-22(30)20(29)18(19(28)12-7-9-26-10-8-12)21-14-3-1-2-4-15(14)23(31)32-21/h1-11,18,21H,(H,27,30)/t18-,21+/m0/s1. The van der Waals surface area contributed by atoms with E-state index in [1.54, 1.807) is 18.2 Å². The van der Waals surface area contributed by atoms with E-state index in [1.165, 1.54) is 48.8 Å². The summed E-state index contributed by atoms with van der Waals surface area (Å²) in [5.74, 6) is -5.11. The number of hydrogen-bond acceptors (Lipinski definition) is 6. The maximum absolute atomic E-state index is 13.3. The highest BCUT2D eigenvalue weighted by Gasteiger charge is 2.46. The molecule has 160 valence electrons. The van der Waals surface area contributed by atoms with Crippen LogP contribution in [0.3, 0.4) is 0 Å². The van der Waals surface area contributed by atoms with Gasteiger partial charge in [-0.25, -0.2) is 4.79 Å². The fraction of sp³-hybridized carbons (Fsp3) is 0.0870. The van der Waals surface area contributed by atoms with E-state index in [2.05, 4.69) is 10.3 Å². The van der Waals surface area contributed by atoms with Crippen LogP contribution in [0, 0.1) is 5.92 Å². The minimum atomic E-state index is -1.60. The highest BCUT2D eigenvalue weighted by Crippen LogP contribution is 2.38. The number of fused-ring (bicyclic) bond motifs is 1. The number of hydrogen-bond donors (Lipinski definition) is 1. The molecule has 32 heavy (non-hydrogen) atoms. The van der Waals surface area contributed by atoms with Gasteiger partial charge in [-0.15, -0.1) is 0 Å². The molecule has 2 heterocycles. The molecule has 3 aromatic rings. The molecule has 4 rings (SSSR count). The molecule has 2 aromatic carbocycles. The van der Waals surface area contributed by atoms with Crippen molar-refractivity contribution >= 4 is 52.3 Å². The summed E-state index contributed by atoms with van der Waals surface area (Å²) in [4.78, 5) is 55.5. The first-order valence-corrected chi connectivity index (χ1v) is 10.2. The maximum atomic E-state index is 13.3. The quantitative estimate of drug-likeness (QED) is 0.250. The number of carbonyl (C=O) groups excluding carboxylic acids is 4. The topological polar surface area (TPSA) is 102 Å². The maximum Gasteiger partial charge on any atom is 0.339 e. The molecule has 0 radical (unpaired) electrons. The molecule has 0 bridgehead atoms. The van der Waals surface area contributed by atoms with Crippen molar-refractivity contribution in [3.63, 3.8) is 0 Å². The van der Waals surface area contributed by atoms with Gasteiger partial charge in [0.15, 0.2) is 5.78 Å². The van der Waals surface area contributed by atoms with Crippen LogP contribution in [0.5, 0.6) is 0 Å². The molecule has 1 amide bonds. The first kappa shape index (κ1) is 21.7. The number of pyridine rings is 1. The van der Waals surface area contributed by atoms with E-state index >= 15 is 0 Å². The van der Waals surface area contributed by atoms with Crippen LogP contribution in [-0.4, -0.2) is 28.4 Å². The molecule has 1 aliphatic heterocycles. The number of ether oxygens (including phenoxy) is 1. The number of carbonyl (C=O) groups is 4. The van der Waals surface area contributed by atoms with E-state index in [0.717, 1.165) is 0 Å². The minimum absolute atomic E-state index is 0.119. The summed E-state index contributed by atoms with van der Waals surface area (Å²) in [6, 6.07) is 13.6. The van der Waals surface area contributed by atoms with Gasteiger partial charge in [-0.2, -0.15) is 0 Å². The van der Waals surface area contributed by atoms with Crippen LogP contribution >= 0.6 is 23.2 Å². The number of esters is 1. The van der Waals surface area contributed by atoms with E-state index in [-0.39, 0.29) is 21.8 Å². The zero-order valence-corrected chi connectivity index (χ0v) is 17.8. The average molecular weight is 469 g/mol. The van der Waals surface area contributed by atoms with Crippen molar-refractivity contribution in [2.75, 3.05) is 5.32 Å². The summed E-state index contributed by atoms with van der Waals surface area (Å²) >= 11 is 11.9. The van der Waals surface area contributed by atoms with Crippen molar-refractivity contribution in [2.45, 2.75) is 6.10 Å². The van der Waals surface area contributed by atoms with Crippen LogP contribution in [0.25, 0.3) is 0 Å². The first-order valence-electron chi connectivity index (χ1n) is 9.41. The van der Waals surface area contributed by atoms with E-state index < -0.39 is 35.5 Å². The predicted octanol–water partition coefficient (Wildman–Crippen LogP) is 4.31. The van der Waals surface area contributed by atoms with Crippen LogP contribution < -0.4 is 5.32 Å². The van der Waals surface area contributed by atoms with Crippen molar-refractivity contribution in [1.82, 2.24) is 4.98 Å². The van der Waals surface area contributed by atoms with Crippen molar-refractivity contribution in [1.29, 1.82) is 0 Å². The molecule has 0 aliphatic carbocycles. The third-order valence-electron chi connectivity index (χ3n) is 4.96. The largest absolute Gasteiger partial charge is 0.453 e. The molecule has 0 fully saturated rings. The van der Waals surface area contributed by atoms with Gasteiger partial charge in [0, 0.05) is 28.5 Å². The number of nitrogens with one attached hydrogen (secondary N) is 1. The van der Waals surface area contributed by atoms with Gasteiger partial charge in [-0.3, -0.25) is 19.4 Å². The fourth-order valence-electron chi connectivity index (χ4n) is 3.43. The summed E-state index contributed by atoms with van der Waals surface area (Å²) in [6.45, 7) is 0. The molecule has 0 spiro atoms. The Hall–Kier alpha value is -3.55. The smallest absolute Gasteiger partial charge is 0.339 e. The number of cyclic esters (lactones) is 1. The second-order valence-electron chi connectivity index (χ2n) is 6.93. The number of benzene rings is 2. The SMILES string of the molecule is O=C(Nc1ccc(Cl)cc1Cl)C(=O)[C@H](C(=O)c1ccncc1)[C@@H]1OC(=O)c2ccccc21. The van der Waals surface area contributed by atoms with Gasteiger partial charge >= 0.3 is 5.97 Å². The highest BCUT2D eigenvalue weighted by atomic mass is 35.5. The summed E-state index contributed by atoms with van der Waals surface area (Å²) in [5, 5.41) is 2.86. The number of halogens is 2. The molecular weight excluding hydrogens is 455 g/mol. The molecule has 1 aromatic heterocycles. The lowest BCUT2D eigenvalue weighted by atomic mass is 9.85. The van der Waals surface area contributed by atoms with E-state index in [4.69, 9.17) is 27.9 Å². The number of nitrogens with zero attached hydrogens (tertiary/aromatic N) is 1. The third-order valence-corrected chi connectivity index (χ3v) is 5.50. The van der Waals surface area contributed by atoms with Gasteiger partial charge in [-0.05, 0) is 36.4 Å². The monoisotopic (exact) mass is 468 g/mol. The van der Waals surface area contributed by atoms with Crippen LogP contribution in [0.15, 0.2) is 67.0 Å². The van der Waals surface area contributed by atoms with Gasteiger partial charge in [0.1, 0.15) is 12.0 Å². The predicted molar refractivity (Wildman–Crippen MR) is 117 cm³/mol. The zero-order valence-electron chi connectivity index (χ0n) is 16.2. The normalized spacial score (nSPS) is 15.4. The molecule has 1 aliphatic rings. The number of rotatable bonds is 6. The van der Waals surface area contributed by atoms with Gasteiger partial charge in [0.25, 0.3) is 5.91 Å². The third kappa shape index (κ3) is 4.12. The van der Waals surface area contributed by atoms with Crippen molar-refractivity contribution < 1.29 is 23.9 Å². The second-order valence-corrected chi connectivity index (χ2v) is 7.78. The molecule has 0 saturated heterocycles. The molecule has 0 saturated carbocycles. The minimum Gasteiger partial charge on any atom is -0.453 e. The lowest BCUT2D eigenvalue weighted by molar-refractivity contribution is -0.138. The Morgan fingerprint density at radius 1 is 1.00 bits per heavy atom. The van der Waals surface area contributed by atoms with Crippen LogP contribution in [0.2, 0.25) is 10.0 Å². The van der Waals surface area contributed by atoms with E-state index in [9.17, 15) is 19.2 Å². The zero-order chi connectivity index (χ0) is 22.8. The van der Waals surface area contributed by atoms with Crippen LogP contribution in [0.1, 0.15) is 32.4 Å². The van der Waals surface area contributed by atoms with Crippen LogP contribution in [-0.2, 0) is 14.3 Å². The van der Waals surface area contributed by atoms with Gasteiger partial charge in [-0.1, -0.05) is 41.4 Å². The Morgan fingerprint density at radius 2 is 1.72 bits per heavy atom. The fourth-order valence-corrected chi connectivity index (χ4v) is 3.88. The molecule has 9 heteroatoms. The Morgan fingerprint density at radius 3 is 2.44 bits per heavy atom. The first-order chi connectivity index (χ1) is 15.4. The van der Waals surface area contributed by atoms with Crippen LogP contribution in [0.4, 0.5) is 5.69 Å². The Kier molecular flexibility index (Phi) is 6.03. The molecule has 2 atom stereocenters. The van der Waals surface area contributed by atoms with E-state index in [1.807, 2.05) is 0 Å². The summed E-state index contributed by atoms with van der Waals surface area (Å²) in [5.41, 5.74) is 0.888. The Bertz CT molecular complexity index is 1250. The summed E-state index contributed by atoms with van der Waals surface area (Å²) in [7, 11) is 0. The molecule has 7 nitrogen and oxygen atoms in total. The van der Waals surface area contributed by atoms with Gasteiger partial charge < -0.3 is 10.1 Å². The van der Waals surface area contributed by atoms with Gasteiger partial charge in [0.05, 0.1) is 16.3 Å². The number of Topliss-reactive ketones (excluding diaryl/α,β-unsaturated/α-hetero) is 2. The number of amides is 1. The molecular formula is C23H14Cl2N2O5. The van der Waals surface area contributed by atoms with Crippen molar-refractivity contribution in [3.05, 3.63) is 93.7 Å². The van der Waals surface area contributed by atoms with Crippen molar-refractivity contribution in [3.8, 4) is 0 Å². The second kappa shape index (κ2) is 8.90. The molecule has 1 N–H and O–H groups in total. The number of ketones is 2. The summed E-state index contributed by atoms with van der Waals surface area (Å²) < 4.78 is 5.38. The average Bonchev–Trinajstić information content (AvgIpc) is 3.12. The lowest BCUT2D eigenvalue weighted by Crippen LogP contribution is -2.38. The molecule has 0 unspecified atom stereocenters. The number of anilines is 1. The number of aromatic nitrogens is 1.